The summed E-state index contributed by atoms with van der Waals surface area (Å²) >= 11 is 3.39. The van der Waals surface area contributed by atoms with Crippen LogP contribution in [0.4, 0.5) is 0 Å². The standard InChI is InChI=1S/C30H24BrNO9/c1-17(33)39-25-23(32-27(34)20-14-8-9-15-21(20)28(32)35)26(31)40-22(16-38-29(36)18-10-4-2-5-11-18)24(25)41-30(37)19-12-6-3-7-13-19/h2-15,22-26H,16H2,1H3/t22-,23-,24-,25-,26-/m1/s1. The van der Waals surface area contributed by atoms with Crippen LogP contribution in [-0.2, 0) is 23.7 Å². The minimum Gasteiger partial charge on any atom is -0.459 e. The Hall–Kier alpha value is -4.35. The smallest absolute Gasteiger partial charge is 0.338 e. The van der Waals surface area contributed by atoms with Crippen molar-refractivity contribution in [1.29, 1.82) is 0 Å². The minimum atomic E-state index is -1.38. The summed E-state index contributed by atoms with van der Waals surface area (Å²) in [6.07, 6.45) is -3.89. The third-order valence-corrected chi connectivity index (χ3v) is 7.42. The Morgan fingerprint density at radius 2 is 1.27 bits per heavy atom. The zero-order valence-corrected chi connectivity index (χ0v) is 23.3. The summed E-state index contributed by atoms with van der Waals surface area (Å²) < 4.78 is 23.0. The van der Waals surface area contributed by atoms with Gasteiger partial charge in [0.15, 0.2) is 12.2 Å². The van der Waals surface area contributed by atoms with E-state index in [0.29, 0.717) is 0 Å². The van der Waals surface area contributed by atoms with Gasteiger partial charge < -0.3 is 18.9 Å². The van der Waals surface area contributed by atoms with Crippen molar-refractivity contribution in [2.45, 2.75) is 36.3 Å². The number of carbonyl (C=O) groups excluding carboxylic acids is 5. The molecule has 0 saturated carbocycles. The largest absolute Gasteiger partial charge is 0.459 e. The SMILES string of the molecule is CC(=O)O[C@H]1[C@H](OC(=O)c2ccccc2)[C@@H](COC(=O)c2ccccc2)O[C@@H](Br)[C@@H]1N1C(=O)c2ccccc2C1=O. The second-order valence-corrected chi connectivity index (χ2v) is 10.2. The molecule has 0 bridgehead atoms. The molecule has 0 radical (unpaired) electrons. The molecule has 0 unspecified atom stereocenters. The highest BCUT2D eigenvalue weighted by molar-refractivity contribution is 9.09. The highest BCUT2D eigenvalue weighted by atomic mass is 79.9. The Morgan fingerprint density at radius 1 is 0.756 bits per heavy atom. The fourth-order valence-corrected chi connectivity index (χ4v) is 5.62. The van der Waals surface area contributed by atoms with Crippen molar-refractivity contribution in [3.63, 3.8) is 0 Å². The lowest BCUT2D eigenvalue weighted by Gasteiger charge is -2.45. The normalized spacial score (nSPS) is 23.5. The third kappa shape index (κ3) is 5.77. The van der Waals surface area contributed by atoms with Crippen molar-refractivity contribution in [1.82, 2.24) is 4.90 Å². The maximum atomic E-state index is 13.4. The predicted octanol–water partition coefficient (Wildman–Crippen LogP) is 3.79. The fourth-order valence-electron chi connectivity index (χ4n) is 4.81. The number of ether oxygens (including phenoxy) is 4. The molecule has 0 aromatic heterocycles. The molecule has 3 aromatic rings. The van der Waals surface area contributed by atoms with Gasteiger partial charge in [0.2, 0.25) is 0 Å². The van der Waals surface area contributed by atoms with Gasteiger partial charge in [-0.25, -0.2) is 9.59 Å². The Labute approximate surface area is 243 Å². The summed E-state index contributed by atoms with van der Waals surface area (Å²) in [4.78, 5) is 65.9. The van der Waals surface area contributed by atoms with Crippen molar-refractivity contribution in [3.8, 4) is 0 Å². The van der Waals surface area contributed by atoms with Crippen LogP contribution in [0.1, 0.15) is 48.4 Å². The average molecular weight is 622 g/mol. The molecule has 0 aliphatic carbocycles. The van der Waals surface area contributed by atoms with Gasteiger partial charge in [0.05, 0.1) is 22.3 Å². The summed E-state index contributed by atoms with van der Waals surface area (Å²) in [6.45, 7) is 0.758. The van der Waals surface area contributed by atoms with E-state index >= 15 is 0 Å². The molecule has 2 aliphatic heterocycles. The molecule has 0 N–H and O–H groups in total. The van der Waals surface area contributed by atoms with E-state index in [1.807, 2.05) is 0 Å². The van der Waals surface area contributed by atoms with Crippen LogP contribution in [0, 0.1) is 0 Å². The number of halogens is 1. The van der Waals surface area contributed by atoms with E-state index in [4.69, 9.17) is 18.9 Å². The minimum absolute atomic E-state index is 0.176. The summed E-state index contributed by atoms with van der Waals surface area (Å²) in [6, 6.07) is 21.4. The van der Waals surface area contributed by atoms with Crippen molar-refractivity contribution >= 4 is 45.7 Å². The number of rotatable bonds is 7. The van der Waals surface area contributed by atoms with E-state index in [1.165, 1.54) is 24.3 Å². The molecule has 2 amide bonds. The highest BCUT2D eigenvalue weighted by Crippen LogP contribution is 2.37. The van der Waals surface area contributed by atoms with E-state index in [9.17, 15) is 24.0 Å². The summed E-state index contributed by atoms with van der Waals surface area (Å²) in [5.74, 6) is -3.42. The number of imide groups is 1. The Balaban J connectivity index is 1.49. The van der Waals surface area contributed by atoms with Gasteiger partial charge in [0.1, 0.15) is 23.8 Å². The van der Waals surface area contributed by atoms with Gasteiger partial charge in [-0.3, -0.25) is 19.3 Å². The molecule has 5 atom stereocenters. The topological polar surface area (TPSA) is 126 Å². The van der Waals surface area contributed by atoms with Crippen LogP contribution in [0.25, 0.3) is 0 Å². The fraction of sp³-hybridized carbons (Fsp3) is 0.233. The first kappa shape index (κ1) is 28.2. The van der Waals surface area contributed by atoms with E-state index in [-0.39, 0.29) is 22.3 Å². The van der Waals surface area contributed by atoms with E-state index in [0.717, 1.165) is 11.8 Å². The average Bonchev–Trinajstić information content (AvgIpc) is 3.23. The first-order valence-electron chi connectivity index (χ1n) is 12.7. The van der Waals surface area contributed by atoms with Crippen LogP contribution >= 0.6 is 15.9 Å². The third-order valence-electron chi connectivity index (χ3n) is 6.67. The highest BCUT2D eigenvalue weighted by Gasteiger charge is 2.56. The number of carbonyl (C=O) groups is 5. The molecule has 41 heavy (non-hydrogen) atoms. The van der Waals surface area contributed by atoms with Crippen LogP contribution in [-0.4, -0.2) is 70.6 Å². The van der Waals surface area contributed by atoms with Gasteiger partial charge in [-0.15, -0.1) is 0 Å². The molecule has 1 fully saturated rings. The van der Waals surface area contributed by atoms with Crippen molar-refractivity contribution < 1.29 is 42.9 Å². The van der Waals surface area contributed by atoms with Crippen LogP contribution in [0.3, 0.4) is 0 Å². The van der Waals surface area contributed by atoms with Crippen LogP contribution in [0.15, 0.2) is 84.9 Å². The number of hydrogen-bond donors (Lipinski definition) is 0. The lowest BCUT2D eigenvalue weighted by molar-refractivity contribution is -0.200. The van der Waals surface area contributed by atoms with Crippen LogP contribution in [0.5, 0.6) is 0 Å². The molecule has 11 heteroatoms. The molecule has 10 nitrogen and oxygen atoms in total. The second kappa shape index (κ2) is 12.0. The van der Waals surface area contributed by atoms with Crippen LogP contribution in [0.2, 0.25) is 0 Å². The van der Waals surface area contributed by atoms with Gasteiger partial charge >= 0.3 is 17.9 Å². The van der Waals surface area contributed by atoms with Gasteiger partial charge in [-0.2, -0.15) is 0 Å². The van der Waals surface area contributed by atoms with E-state index < -0.39 is 65.7 Å². The van der Waals surface area contributed by atoms with Crippen LogP contribution < -0.4 is 0 Å². The number of fused-ring (bicyclic) bond motifs is 1. The Bertz CT molecular complexity index is 1440. The van der Waals surface area contributed by atoms with Gasteiger partial charge in [0.25, 0.3) is 11.8 Å². The summed E-state index contributed by atoms with van der Waals surface area (Å²) in [7, 11) is 0. The molecule has 1 saturated heterocycles. The predicted molar refractivity (Wildman–Crippen MR) is 146 cm³/mol. The number of benzene rings is 3. The van der Waals surface area contributed by atoms with Crippen molar-refractivity contribution in [2.75, 3.05) is 6.61 Å². The molecule has 0 spiro atoms. The number of esters is 3. The number of amides is 2. The molecule has 5 rings (SSSR count). The maximum Gasteiger partial charge on any atom is 0.338 e. The van der Waals surface area contributed by atoms with Crippen molar-refractivity contribution in [2.24, 2.45) is 0 Å². The number of nitrogens with zero attached hydrogens (tertiary/aromatic N) is 1. The van der Waals surface area contributed by atoms with Crippen molar-refractivity contribution in [3.05, 3.63) is 107 Å². The van der Waals surface area contributed by atoms with E-state index in [2.05, 4.69) is 15.9 Å². The molecular formula is C30H24BrNO9. The Kier molecular flexibility index (Phi) is 8.27. The van der Waals surface area contributed by atoms with Gasteiger partial charge in [0, 0.05) is 6.92 Å². The number of alkyl halides is 1. The first-order valence-corrected chi connectivity index (χ1v) is 13.6. The zero-order valence-electron chi connectivity index (χ0n) is 21.7. The quantitative estimate of drug-likeness (QED) is 0.168. The maximum absolute atomic E-state index is 13.4. The first-order chi connectivity index (χ1) is 19.8. The van der Waals surface area contributed by atoms with Gasteiger partial charge in [-0.05, 0) is 36.4 Å². The summed E-state index contributed by atoms with van der Waals surface area (Å²) in [5.41, 5.74) is 0.843. The molecule has 2 heterocycles. The second-order valence-electron chi connectivity index (χ2n) is 9.32. The Morgan fingerprint density at radius 3 is 1.80 bits per heavy atom. The van der Waals surface area contributed by atoms with Gasteiger partial charge in [-0.1, -0.05) is 64.5 Å². The molecular weight excluding hydrogens is 598 g/mol. The lowest BCUT2D eigenvalue weighted by Crippen LogP contribution is -2.65. The number of hydrogen-bond acceptors (Lipinski definition) is 9. The monoisotopic (exact) mass is 621 g/mol. The molecule has 2 aliphatic rings. The zero-order chi connectivity index (χ0) is 29.1. The lowest BCUT2D eigenvalue weighted by atomic mass is 9.96. The van der Waals surface area contributed by atoms with E-state index in [1.54, 1.807) is 60.7 Å². The summed E-state index contributed by atoms with van der Waals surface area (Å²) in [5, 5.41) is -1.08. The molecule has 3 aromatic carbocycles. The molecule has 210 valence electrons.